The van der Waals surface area contributed by atoms with Crippen LogP contribution in [0.4, 0.5) is 0 Å². The number of fused-ring (bicyclic) bond motifs is 1. The summed E-state index contributed by atoms with van der Waals surface area (Å²) in [7, 11) is 0. The molecule has 0 bridgehead atoms. The lowest BCUT2D eigenvalue weighted by Crippen LogP contribution is -2.15. The molecule has 2 heterocycles. The standard InChI is InChI=1S/C15H16N2O/c1-10-3-2-7-17-15(10)14(16)12-4-5-13-11(9-12)6-8-18-13/h2-5,7,9,14H,6,8,16H2,1H3. The van der Waals surface area contributed by atoms with Crippen LogP contribution in [0.3, 0.4) is 0 Å². The van der Waals surface area contributed by atoms with E-state index in [4.69, 9.17) is 10.5 Å². The third kappa shape index (κ3) is 1.87. The van der Waals surface area contributed by atoms with Gasteiger partial charge in [0.2, 0.25) is 0 Å². The molecule has 1 aliphatic heterocycles. The van der Waals surface area contributed by atoms with E-state index < -0.39 is 0 Å². The molecule has 0 fully saturated rings. The highest BCUT2D eigenvalue weighted by molar-refractivity contribution is 5.43. The molecular formula is C15H16N2O. The maximum atomic E-state index is 6.31. The second-order valence-electron chi connectivity index (χ2n) is 4.65. The van der Waals surface area contributed by atoms with Crippen LogP contribution < -0.4 is 10.5 Å². The van der Waals surface area contributed by atoms with Gasteiger partial charge in [0, 0.05) is 12.6 Å². The molecule has 3 heteroatoms. The topological polar surface area (TPSA) is 48.1 Å². The van der Waals surface area contributed by atoms with Gasteiger partial charge < -0.3 is 10.5 Å². The first-order chi connectivity index (χ1) is 8.75. The molecule has 3 rings (SSSR count). The minimum absolute atomic E-state index is 0.169. The monoisotopic (exact) mass is 240 g/mol. The summed E-state index contributed by atoms with van der Waals surface area (Å²) in [5.41, 5.74) is 10.7. The van der Waals surface area contributed by atoms with Crippen molar-refractivity contribution in [2.75, 3.05) is 6.61 Å². The van der Waals surface area contributed by atoms with Gasteiger partial charge in [-0.1, -0.05) is 18.2 Å². The molecule has 0 saturated heterocycles. The minimum Gasteiger partial charge on any atom is -0.493 e. The number of nitrogens with zero attached hydrogens (tertiary/aromatic N) is 1. The fourth-order valence-corrected chi connectivity index (χ4v) is 2.38. The van der Waals surface area contributed by atoms with Crippen LogP contribution in [0.15, 0.2) is 36.5 Å². The fraction of sp³-hybridized carbons (Fsp3) is 0.267. The van der Waals surface area contributed by atoms with Gasteiger partial charge in [0.25, 0.3) is 0 Å². The zero-order chi connectivity index (χ0) is 12.5. The molecule has 18 heavy (non-hydrogen) atoms. The number of pyridine rings is 1. The van der Waals surface area contributed by atoms with Crippen LogP contribution in [0.2, 0.25) is 0 Å². The Labute approximate surface area is 107 Å². The molecule has 1 atom stereocenters. The van der Waals surface area contributed by atoms with E-state index in [-0.39, 0.29) is 6.04 Å². The zero-order valence-corrected chi connectivity index (χ0v) is 10.4. The summed E-state index contributed by atoms with van der Waals surface area (Å²) in [4.78, 5) is 4.39. The number of rotatable bonds is 2. The van der Waals surface area contributed by atoms with Crippen molar-refractivity contribution in [1.29, 1.82) is 0 Å². The normalized spacial score (nSPS) is 15.0. The van der Waals surface area contributed by atoms with E-state index >= 15 is 0 Å². The molecule has 0 aliphatic carbocycles. The zero-order valence-electron chi connectivity index (χ0n) is 10.4. The largest absolute Gasteiger partial charge is 0.493 e. The predicted molar refractivity (Wildman–Crippen MR) is 70.6 cm³/mol. The first-order valence-electron chi connectivity index (χ1n) is 6.18. The number of aromatic nitrogens is 1. The van der Waals surface area contributed by atoms with Gasteiger partial charge in [0.1, 0.15) is 5.75 Å². The summed E-state index contributed by atoms with van der Waals surface area (Å²) in [5.74, 6) is 0.990. The van der Waals surface area contributed by atoms with Gasteiger partial charge in [0.15, 0.2) is 0 Å². The first-order valence-corrected chi connectivity index (χ1v) is 6.18. The lowest BCUT2D eigenvalue weighted by atomic mass is 9.98. The Bertz CT molecular complexity index is 580. The maximum absolute atomic E-state index is 6.31. The molecule has 1 aromatic carbocycles. The number of hydrogen-bond acceptors (Lipinski definition) is 3. The maximum Gasteiger partial charge on any atom is 0.122 e. The predicted octanol–water partition coefficient (Wildman–Crippen LogP) is 2.37. The second kappa shape index (κ2) is 4.42. The first kappa shape index (κ1) is 11.2. The van der Waals surface area contributed by atoms with E-state index in [0.29, 0.717) is 0 Å². The average Bonchev–Trinajstić information content (AvgIpc) is 2.85. The van der Waals surface area contributed by atoms with Crippen LogP contribution in [-0.4, -0.2) is 11.6 Å². The van der Waals surface area contributed by atoms with Crippen molar-refractivity contribution in [3.05, 3.63) is 58.9 Å². The van der Waals surface area contributed by atoms with Gasteiger partial charge in [-0.3, -0.25) is 4.98 Å². The molecule has 3 nitrogen and oxygen atoms in total. The van der Waals surface area contributed by atoms with Crippen molar-refractivity contribution in [3.8, 4) is 5.75 Å². The fourth-order valence-electron chi connectivity index (χ4n) is 2.38. The summed E-state index contributed by atoms with van der Waals surface area (Å²) >= 11 is 0. The molecular weight excluding hydrogens is 224 g/mol. The lowest BCUT2D eigenvalue weighted by molar-refractivity contribution is 0.357. The Kier molecular flexibility index (Phi) is 2.76. The van der Waals surface area contributed by atoms with Crippen molar-refractivity contribution in [3.63, 3.8) is 0 Å². The number of hydrogen-bond donors (Lipinski definition) is 1. The van der Waals surface area contributed by atoms with Crippen molar-refractivity contribution >= 4 is 0 Å². The quantitative estimate of drug-likeness (QED) is 0.876. The lowest BCUT2D eigenvalue weighted by Gasteiger charge is -2.14. The molecule has 0 radical (unpaired) electrons. The highest BCUT2D eigenvalue weighted by atomic mass is 16.5. The van der Waals surface area contributed by atoms with E-state index in [1.165, 1.54) is 5.56 Å². The van der Waals surface area contributed by atoms with E-state index in [2.05, 4.69) is 11.1 Å². The minimum atomic E-state index is -0.169. The third-order valence-corrected chi connectivity index (χ3v) is 3.42. The average molecular weight is 240 g/mol. The van der Waals surface area contributed by atoms with Crippen LogP contribution in [0.25, 0.3) is 0 Å². The Morgan fingerprint density at radius 2 is 2.22 bits per heavy atom. The molecule has 0 spiro atoms. The Morgan fingerprint density at radius 1 is 1.33 bits per heavy atom. The van der Waals surface area contributed by atoms with Gasteiger partial charge in [-0.2, -0.15) is 0 Å². The Morgan fingerprint density at radius 3 is 3.06 bits per heavy atom. The Hall–Kier alpha value is -1.87. The molecule has 92 valence electrons. The smallest absolute Gasteiger partial charge is 0.122 e. The van der Waals surface area contributed by atoms with Gasteiger partial charge in [0.05, 0.1) is 18.3 Å². The molecule has 2 N–H and O–H groups in total. The summed E-state index contributed by atoms with van der Waals surface area (Å²) in [5, 5.41) is 0. The molecule has 0 amide bonds. The number of nitrogens with two attached hydrogens (primary N) is 1. The van der Waals surface area contributed by atoms with Gasteiger partial charge in [-0.25, -0.2) is 0 Å². The SMILES string of the molecule is Cc1cccnc1C(N)c1ccc2c(c1)CCO2. The van der Waals surface area contributed by atoms with Crippen LogP contribution >= 0.6 is 0 Å². The summed E-state index contributed by atoms with van der Waals surface area (Å²) in [6, 6.07) is 9.98. The Balaban J connectivity index is 1.98. The molecule has 1 aliphatic rings. The van der Waals surface area contributed by atoms with Gasteiger partial charge >= 0.3 is 0 Å². The summed E-state index contributed by atoms with van der Waals surface area (Å²) in [6.07, 6.45) is 2.76. The molecule has 0 saturated carbocycles. The van der Waals surface area contributed by atoms with E-state index in [0.717, 1.165) is 35.6 Å². The summed E-state index contributed by atoms with van der Waals surface area (Å²) < 4.78 is 5.51. The van der Waals surface area contributed by atoms with Crippen LogP contribution in [0.1, 0.15) is 28.4 Å². The molecule has 2 aromatic rings. The van der Waals surface area contributed by atoms with Crippen LogP contribution in [-0.2, 0) is 6.42 Å². The van der Waals surface area contributed by atoms with Crippen molar-refractivity contribution in [2.24, 2.45) is 5.73 Å². The van der Waals surface area contributed by atoms with Crippen LogP contribution in [0.5, 0.6) is 5.75 Å². The number of ether oxygens (including phenoxy) is 1. The van der Waals surface area contributed by atoms with Crippen molar-refractivity contribution in [2.45, 2.75) is 19.4 Å². The third-order valence-electron chi connectivity index (χ3n) is 3.42. The van der Waals surface area contributed by atoms with Crippen molar-refractivity contribution in [1.82, 2.24) is 4.98 Å². The highest BCUT2D eigenvalue weighted by Crippen LogP contribution is 2.29. The summed E-state index contributed by atoms with van der Waals surface area (Å²) in [6.45, 7) is 2.81. The van der Waals surface area contributed by atoms with E-state index in [9.17, 15) is 0 Å². The number of aryl methyl sites for hydroxylation is 1. The molecule has 1 unspecified atom stereocenters. The van der Waals surface area contributed by atoms with Gasteiger partial charge in [-0.05, 0) is 35.7 Å². The van der Waals surface area contributed by atoms with E-state index in [1.807, 2.05) is 31.2 Å². The molecule has 1 aromatic heterocycles. The number of benzene rings is 1. The van der Waals surface area contributed by atoms with Crippen LogP contribution in [0, 0.1) is 6.92 Å². The second-order valence-corrected chi connectivity index (χ2v) is 4.65. The van der Waals surface area contributed by atoms with Crippen molar-refractivity contribution < 1.29 is 4.74 Å². The van der Waals surface area contributed by atoms with E-state index in [1.54, 1.807) is 6.20 Å². The highest BCUT2D eigenvalue weighted by Gasteiger charge is 2.17. The van der Waals surface area contributed by atoms with Gasteiger partial charge in [-0.15, -0.1) is 0 Å².